The third kappa shape index (κ3) is 5.83. The topological polar surface area (TPSA) is 69.6 Å². The Labute approximate surface area is 334 Å². The Balaban J connectivity index is 1.09. The van der Waals surface area contributed by atoms with Gasteiger partial charge in [0.1, 0.15) is 17.0 Å². The van der Waals surface area contributed by atoms with Gasteiger partial charge in [0.15, 0.2) is 17.5 Å². The van der Waals surface area contributed by atoms with Crippen LogP contribution >= 0.6 is 0 Å². The molecule has 0 spiro atoms. The fourth-order valence-corrected chi connectivity index (χ4v) is 7.89. The van der Waals surface area contributed by atoms with Crippen LogP contribution in [0.2, 0.25) is 0 Å². The van der Waals surface area contributed by atoms with Gasteiger partial charge in [-0.05, 0) is 58.7 Å². The SMILES string of the molecule is c1ccc(-c2ccc(-c3nc(-c4ccc(-c5ccccc5)cc4)nc(-c4cccc5oc6c(-c7nc8ccccc8n7-c7ccccc7)cccc6c45)n3)cc2)cc1. The monoisotopic (exact) mass is 743 g/mol. The summed E-state index contributed by atoms with van der Waals surface area (Å²) in [7, 11) is 0. The fourth-order valence-electron chi connectivity index (χ4n) is 7.89. The first-order chi connectivity index (χ1) is 28.7. The Morgan fingerprint density at radius 2 is 0.862 bits per heavy atom. The highest BCUT2D eigenvalue weighted by molar-refractivity contribution is 6.15. The minimum atomic E-state index is 0.564. The zero-order chi connectivity index (χ0) is 38.4. The molecule has 0 aliphatic heterocycles. The lowest BCUT2D eigenvalue weighted by Gasteiger charge is -2.11. The summed E-state index contributed by atoms with van der Waals surface area (Å²) in [5, 5.41) is 1.89. The summed E-state index contributed by atoms with van der Waals surface area (Å²) in [5.74, 6) is 2.55. The molecule has 0 N–H and O–H groups in total. The molecule has 6 nitrogen and oxygen atoms in total. The average molecular weight is 744 g/mol. The normalized spacial score (nSPS) is 11.4. The molecule has 0 saturated carbocycles. The second-order valence-corrected chi connectivity index (χ2v) is 14.3. The fraction of sp³-hybridized carbons (Fsp3) is 0. The third-order valence-corrected chi connectivity index (χ3v) is 10.7. The standard InChI is InChI=1S/C52H33N5O/c1-4-14-34(15-5-1)36-26-30-38(31-27-36)49-54-50(39-32-28-37(29-33-39)35-16-6-2-7-17-35)56-51(55-49)42-21-13-25-46-47(42)41-20-12-22-43(48(41)58-46)52-53-44-23-10-11-24-45(44)57(52)40-18-8-3-9-19-40/h1-33H. The van der Waals surface area contributed by atoms with Crippen LogP contribution in [0.3, 0.4) is 0 Å². The molecule has 11 aromatic rings. The van der Waals surface area contributed by atoms with Crippen molar-refractivity contribution in [3.63, 3.8) is 0 Å². The molecule has 3 heterocycles. The number of hydrogen-bond donors (Lipinski definition) is 0. The first-order valence-electron chi connectivity index (χ1n) is 19.3. The number of nitrogens with zero attached hydrogens (tertiary/aromatic N) is 5. The Kier molecular flexibility index (Phi) is 8.04. The number of benzene rings is 8. The molecule has 0 unspecified atom stereocenters. The number of fused-ring (bicyclic) bond motifs is 4. The van der Waals surface area contributed by atoms with Gasteiger partial charge in [-0.3, -0.25) is 4.57 Å². The van der Waals surface area contributed by atoms with E-state index in [0.717, 1.165) is 89.0 Å². The van der Waals surface area contributed by atoms with E-state index in [-0.39, 0.29) is 0 Å². The molecule has 0 atom stereocenters. The van der Waals surface area contributed by atoms with Gasteiger partial charge in [0, 0.05) is 33.2 Å². The van der Waals surface area contributed by atoms with Gasteiger partial charge in [0.05, 0.1) is 16.6 Å². The van der Waals surface area contributed by atoms with E-state index in [9.17, 15) is 0 Å². The van der Waals surface area contributed by atoms with Crippen molar-refractivity contribution in [3.05, 3.63) is 200 Å². The maximum absolute atomic E-state index is 6.80. The first-order valence-corrected chi connectivity index (χ1v) is 19.3. The molecule has 0 saturated heterocycles. The Bertz CT molecular complexity index is 3140. The number of rotatable bonds is 7. The maximum atomic E-state index is 6.80. The number of para-hydroxylation sites is 4. The molecule has 6 heteroatoms. The molecule has 0 aliphatic carbocycles. The van der Waals surface area contributed by atoms with E-state index in [1.165, 1.54) is 0 Å². The van der Waals surface area contributed by atoms with Crippen molar-refractivity contribution in [2.45, 2.75) is 0 Å². The van der Waals surface area contributed by atoms with Crippen molar-refractivity contribution in [2.75, 3.05) is 0 Å². The average Bonchev–Trinajstić information content (AvgIpc) is 3.89. The van der Waals surface area contributed by atoms with Crippen LogP contribution in [0.4, 0.5) is 0 Å². The van der Waals surface area contributed by atoms with E-state index >= 15 is 0 Å². The van der Waals surface area contributed by atoms with Gasteiger partial charge in [-0.15, -0.1) is 0 Å². The van der Waals surface area contributed by atoms with Crippen molar-refractivity contribution in [1.29, 1.82) is 0 Å². The van der Waals surface area contributed by atoms with Gasteiger partial charge in [-0.25, -0.2) is 19.9 Å². The molecule has 0 amide bonds. The molecule has 0 radical (unpaired) electrons. The van der Waals surface area contributed by atoms with Gasteiger partial charge in [-0.2, -0.15) is 0 Å². The van der Waals surface area contributed by atoms with Crippen molar-refractivity contribution in [2.24, 2.45) is 0 Å². The van der Waals surface area contributed by atoms with E-state index in [1.54, 1.807) is 0 Å². The zero-order valence-corrected chi connectivity index (χ0v) is 31.2. The highest BCUT2D eigenvalue weighted by Gasteiger charge is 2.22. The minimum absolute atomic E-state index is 0.564. The number of hydrogen-bond acceptors (Lipinski definition) is 5. The van der Waals surface area contributed by atoms with Crippen LogP contribution < -0.4 is 0 Å². The molecule has 0 aliphatic rings. The Morgan fingerprint density at radius 1 is 0.362 bits per heavy atom. The molecule has 0 fully saturated rings. The third-order valence-electron chi connectivity index (χ3n) is 10.7. The van der Waals surface area contributed by atoms with E-state index in [0.29, 0.717) is 17.5 Å². The second-order valence-electron chi connectivity index (χ2n) is 14.3. The van der Waals surface area contributed by atoms with Crippen molar-refractivity contribution < 1.29 is 4.42 Å². The molecule has 272 valence electrons. The van der Waals surface area contributed by atoms with Crippen molar-refractivity contribution in [1.82, 2.24) is 24.5 Å². The summed E-state index contributed by atoms with van der Waals surface area (Å²) in [6.45, 7) is 0. The molecule has 11 rings (SSSR count). The van der Waals surface area contributed by atoms with Crippen molar-refractivity contribution in [3.8, 4) is 73.5 Å². The molecule has 8 aromatic carbocycles. The molecular formula is C52H33N5O. The summed E-state index contributed by atoms with van der Waals surface area (Å²) < 4.78 is 9.01. The van der Waals surface area contributed by atoms with Gasteiger partial charge in [0.25, 0.3) is 0 Å². The predicted molar refractivity (Wildman–Crippen MR) is 234 cm³/mol. The second kappa shape index (κ2) is 14.0. The van der Waals surface area contributed by atoms with E-state index < -0.39 is 0 Å². The molecular weight excluding hydrogens is 711 g/mol. The quantitative estimate of drug-likeness (QED) is 0.163. The molecule has 0 bridgehead atoms. The van der Waals surface area contributed by atoms with E-state index in [4.69, 9.17) is 24.4 Å². The lowest BCUT2D eigenvalue weighted by atomic mass is 10.0. The Hall–Kier alpha value is -7.96. The van der Waals surface area contributed by atoms with Gasteiger partial charge >= 0.3 is 0 Å². The van der Waals surface area contributed by atoms with Crippen LogP contribution in [0.15, 0.2) is 205 Å². The lowest BCUT2D eigenvalue weighted by molar-refractivity contribution is 0.669. The van der Waals surface area contributed by atoms with Gasteiger partial charge in [0.2, 0.25) is 0 Å². The molecule has 58 heavy (non-hydrogen) atoms. The summed E-state index contributed by atoms with van der Waals surface area (Å²) >= 11 is 0. The first kappa shape index (κ1) is 33.4. The van der Waals surface area contributed by atoms with E-state index in [2.05, 4.69) is 162 Å². The predicted octanol–water partition coefficient (Wildman–Crippen LogP) is 13.1. The Morgan fingerprint density at radius 3 is 1.50 bits per heavy atom. The van der Waals surface area contributed by atoms with Crippen LogP contribution in [0.1, 0.15) is 0 Å². The zero-order valence-electron chi connectivity index (χ0n) is 31.2. The van der Waals surface area contributed by atoms with Crippen LogP contribution in [0.25, 0.3) is 106 Å². The number of imidazole rings is 1. The minimum Gasteiger partial charge on any atom is -0.455 e. The van der Waals surface area contributed by atoms with Gasteiger partial charge in [-0.1, -0.05) is 164 Å². The number of aromatic nitrogens is 5. The van der Waals surface area contributed by atoms with E-state index in [1.807, 2.05) is 42.5 Å². The maximum Gasteiger partial charge on any atom is 0.164 e. The highest BCUT2D eigenvalue weighted by atomic mass is 16.3. The van der Waals surface area contributed by atoms with Crippen LogP contribution in [0, 0.1) is 0 Å². The summed E-state index contributed by atoms with van der Waals surface area (Å²) in [6.07, 6.45) is 0. The van der Waals surface area contributed by atoms with Crippen LogP contribution in [-0.4, -0.2) is 24.5 Å². The largest absolute Gasteiger partial charge is 0.455 e. The van der Waals surface area contributed by atoms with Crippen molar-refractivity contribution >= 4 is 33.0 Å². The van der Waals surface area contributed by atoms with Gasteiger partial charge < -0.3 is 4.42 Å². The van der Waals surface area contributed by atoms with Crippen LogP contribution in [-0.2, 0) is 0 Å². The highest BCUT2D eigenvalue weighted by Crippen LogP contribution is 2.41. The smallest absolute Gasteiger partial charge is 0.164 e. The summed E-state index contributed by atoms with van der Waals surface area (Å²) in [5.41, 5.74) is 12.6. The summed E-state index contributed by atoms with van der Waals surface area (Å²) in [6, 6.07) is 68.5. The van der Waals surface area contributed by atoms with Crippen LogP contribution in [0.5, 0.6) is 0 Å². The summed E-state index contributed by atoms with van der Waals surface area (Å²) in [4.78, 5) is 20.6. The number of furan rings is 1. The lowest BCUT2D eigenvalue weighted by Crippen LogP contribution is -2.00. The molecule has 3 aromatic heterocycles.